The first-order chi connectivity index (χ1) is 3.42. The van der Waals surface area contributed by atoms with Crippen LogP contribution in [0.4, 0.5) is 0 Å². The molecule has 0 saturated heterocycles. The van der Waals surface area contributed by atoms with Crippen molar-refractivity contribution in [3.63, 3.8) is 0 Å². The van der Waals surface area contributed by atoms with Crippen LogP contribution in [0.15, 0.2) is 0 Å². The fourth-order valence-corrected chi connectivity index (χ4v) is 0.995. The van der Waals surface area contributed by atoms with Crippen LogP contribution in [0, 0.1) is 0 Å². The summed E-state index contributed by atoms with van der Waals surface area (Å²) >= 11 is -2.85. The minimum Gasteiger partial charge on any atom is -0.788 e. The highest BCUT2D eigenvalue weighted by atomic mass is 32.3. The summed E-state index contributed by atoms with van der Waals surface area (Å²) in [7, 11) is -3.71. The summed E-state index contributed by atoms with van der Waals surface area (Å²) in [6.45, 7) is 0. The molecule has 0 amide bonds. The van der Waals surface area contributed by atoms with Crippen molar-refractivity contribution < 1.29 is 17.2 Å². The topological polar surface area (TPSA) is 88.4 Å². The van der Waals surface area contributed by atoms with Gasteiger partial charge in [-0.1, -0.05) is 0 Å². The largest absolute Gasteiger partial charge is 0.788 e. The van der Waals surface area contributed by atoms with Gasteiger partial charge in [-0.3, -0.25) is 4.21 Å². The Labute approximate surface area is 49.6 Å². The third-order valence-electron chi connectivity index (χ3n) is 0.196. The van der Waals surface area contributed by atoms with E-state index in [9.17, 15) is 17.2 Å². The van der Waals surface area contributed by atoms with Gasteiger partial charge in [-0.15, -0.1) is 0 Å². The van der Waals surface area contributed by atoms with Gasteiger partial charge in [-0.25, -0.2) is 8.42 Å². The van der Waals surface area contributed by atoms with Crippen molar-refractivity contribution in [2.75, 3.05) is 6.26 Å². The second-order valence-corrected chi connectivity index (χ2v) is 3.52. The van der Waals surface area contributed by atoms with E-state index >= 15 is 0 Å². The van der Waals surface area contributed by atoms with Gasteiger partial charge in [0, 0.05) is 6.26 Å². The smallest absolute Gasteiger partial charge is 0.0775 e. The molecule has 0 bridgehead atoms. The molecule has 8 heavy (non-hydrogen) atoms. The molecule has 0 rings (SSSR count). The van der Waals surface area contributed by atoms with Gasteiger partial charge in [-0.05, 0) is 0 Å². The van der Waals surface area contributed by atoms with Gasteiger partial charge < -0.3 is 8.68 Å². The maximum atomic E-state index is 9.88. The Balaban J connectivity index is 3.95. The number of hydrogen-bond donors (Lipinski definition) is 0. The van der Waals surface area contributed by atoms with Gasteiger partial charge in [0.05, 0.1) is 10.0 Å². The van der Waals surface area contributed by atoms with Gasteiger partial charge >= 0.3 is 0 Å². The van der Waals surface area contributed by atoms with E-state index in [0.717, 1.165) is 0 Å². The standard InChI is InChI=1S/CH4NO4S2/c1-8(5,6)2-7(3)4/h1H3,(H,3,4)/q-1/p-1. The van der Waals surface area contributed by atoms with Crippen molar-refractivity contribution in [1.29, 1.82) is 0 Å². The van der Waals surface area contributed by atoms with Crippen LogP contribution in [-0.2, 0) is 21.3 Å². The normalized spacial score (nSPS) is 15.8. The zero-order valence-corrected chi connectivity index (χ0v) is 5.53. The Morgan fingerprint density at radius 3 is 2.00 bits per heavy atom. The first-order valence-corrected chi connectivity index (χ1v) is 4.32. The van der Waals surface area contributed by atoms with Crippen molar-refractivity contribution in [3.8, 4) is 0 Å². The molecule has 0 aromatic heterocycles. The van der Waals surface area contributed by atoms with Crippen LogP contribution in [0.25, 0.3) is 4.13 Å². The Kier molecular flexibility index (Phi) is 2.54. The molecule has 0 spiro atoms. The highest BCUT2D eigenvalue weighted by molar-refractivity contribution is 8.07. The zero-order chi connectivity index (χ0) is 6.78. The maximum Gasteiger partial charge on any atom is 0.0775 e. The number of rotatable bonds is 2. The van der Waals surface area contributed by atoms with Crippen molar-refractivity contribution in [2.45, 2.75) is 0 Å². The van der Waals surface area contributed by atoms with E-state index in [4.69, 9.17) is 0 Å². The summed E-state index contributed by atoms with van der Waals surface area (Å²) < 4.78 is 41.0. The van der Waals surface area contributed by atoms with Gasteiger partial charge in [0.25, 0.3) is 0 Å². The van der Waals surface area contributed by atoms with Crippen LogP contribution in [0.3, 0.4) is 0 Å². The summed E-state index contributed by atoms with van der Waals surface area (Å²) in [4.78, 5) is 0. The van der Waals surface area contributed by atoms with Crippen LogP contribution in [-0.4, -0.2) is 23.4 Å². The molecule has 0 fully saturated rings. The first-order valence-electron chi connectivity index (χ1n) is 1.44. The first kappa shape index (κ1) is 8.02. The summed E-state index contributed by atoms with van der Waals surface area (Å²) in [6.07, 6.45) is 0.697. The maximum absolute atomic E-state index is 9.88. The van der Waals surface area contributed by atoms with Crippen LogP contribution < -0.4 is 0 Å². The minimum atomic E-state index is -3.71. The van der Waals surface area contributed by atoms with E-state index in [0.29, 0.717) is 6.26 Å². The molecule has 0 aliphatic rings. The van der Waals surface area contributed by atoms with Crippen LogP contribution >= 0.6 is 0 Å². The second-order valence-electron chi connectivity index (χ2n) is 1.02. The molecule has 0 saturated carbocycles. The van der Waals surface area contributed by atoms with E-state index in [-0.39, 0.29) is 0 Å². The molecule has 7 heteroatoms. The third kappa shape index (κ3) is 6.02. The molecule has 0 radical (unpaired) electrons. The van der Waals surface area contributed by atoms with Gasteiger partial charge in [0.15, 0.2) is 0 Å². The molecule has 0 aliphatic heterocycles. The summed E-state index contributed by atoms with van der Waals surface area (Å²) in [5, 5.41) is 0. The summed E-state index contributed by atoms with van der Waals surface area (Å²) in [5.41, 5.74) is 0. The van der Waals surface area contributed by atoms with Crippen molar-refractivity contribution in [2.24, 2.45) is 0 Å². The average Bonchev–Trinajstić information content (AvgIpc) is 1.21. The Morgan fingerprint density at radius 2 is 2.00 bits per heavy atom. The van der Waals surface area contributed by atoms with Crippen LogP contribution in [0.5, 0.6) is 0 Å². The highest BCUT2D eigenvalue weighted by Crippen LogP contribution is 1.97. The lowest BCUT2D eigenvalue weighted by Crippen LogP contribution is -1.96. The van der Waals surface area contributed by atoms with Crippen LogP contribution in [0.2, 0.25) is 0 Å². The minimum absolute atomic E-state index is 0.697. The number of sulfonamides is 1. The van der Waals surface area contributed by atoms with Gasteiger partial charge in [0.1, 0.15) is 0 Å². The predicted molar refractivity (Wildman–Crippen MR) is 27.1 cm³/mol. The average molecular weight is 157 g/mol. The van der Waals surface area contributed by atoms with Crippen molar-refractivity contribution >= 4 is 21.3 Å². The van der Waals surface area contributed by atoms with E-state index in [2.05, 4.69) is 4.13 Å². The van der Waals surface area contributed by atoms with E-state index in [1.807, 2.05) is 0 Å². The monoisotopic (exact) mass is 157 g/mol. The highest BCUT2D eigenvalue weighted by Gasteiger charge is 1.80. The lowest BCUT2D eigenvalue weighted by Gasteiger charge is -2.19. The molecule has 0 heterocycles. The number of nitrogens with zero attached hydrogens (tertiary/aromatic N) is 1. The molecule has 1 atom stereocenters. The predicted octanol–water partition coefficient (Wildman–Crippen LogP) is -0.886. The third-order valence-corrected chi connectivity index (χ3v) is 1.77. The zero-order valence-electron chi connectivity index (χ0n) is 3.90. The molecule has 0 aromatic rings. The SMILES string of the molecule is CS(=O)(=O)[N-]S(=O)[O-]. The fraction of sp³-hybridized carbons (Fsp3) is 1.00. The Bertz CT molecular complexity index is 180. The van der Waals surface area contributed by atoms with Gasteiger partial charge in [0.2, 0.25) is 0 Å². The van der Waals surface area contributed by atoms with E-state index < -0.39 is 21.3 Å². The van der Waals surface area contributed by atoms with E-state index in [1.165, 1.54) is 0 Å². The quantitative estimate of drug-likeness (QED) is 0.486. The Morgan fingerprint density at radius 1 is 1.62 bits per heavy atom. The number of hydrogen-bond acceptors (Lipinski definition) is 4. The lowest BCUT2D eigenvalue weighted by molar-refractivity contribution is 0.544. The van der Waals surface area contributed by atoms with Crippen molar-refractivity contribution in [3.05, 3.63) is 4.13 Å². The van der Waals surface area contributed by atoms with Crippen molar-refractivity contribution in [1.82, 2.24) is 0 Å². The summed E-state index contributed by atoms with van der Waals surface area (Å²) in [6, 6.07) is 0. The van der Waals surface area contributed by atoms with E-state index in [1.54, 1.807) is 0 Å². The fourth-order valence-electron chi connectivity index (χ4n) is 0.111. The molecule has 5 nitrogen and oxygen atoms in total. The second kappa shape index (κ2) is 2.53. The molecule has 1 unspecified atom stereocenters. The Hall–Kier alpha value is 0.0200. The summed E-state index contributed by atoms with van der Waals surface area (Å²) in [5.74, 6) is 0. The lowest BCUT2D eigenvalue weighted by atomic mass is 12.0. The van der Waals surface area contributed by atoms with Crippen LogP contribution in [0.1, 0.15) is 0 Å². The molecule has 0 aliphatic carbocycles. The molecular weight excluding hydrogens is 154 g/mol. The van der Waals surface area contributed by atoms with Gasteiger partial charge in [-0.2, -0.15) is 11.3 Å². The molecule has 50 valence electrons. The molecular formula is CH3NO4S2-2. The molecule has 0 N–H and O–H groups in total. The molecule has 0 aromatic carbocycles.